The molecule has 8 nitrogen and oxygen atoms in total. The zero-order chi connectivity index (χ0) is 17.1. The van der Waals surface area contributed by atoms with Gasteiger partial charge in [-0.25, -0.2) is 14.8 Å². The molecule has 0 unspecified atom stereocenters. The van der Waals surface area contributed by atoms with Gasteiger partial charge in [-0.05, 0) is 6.92 Å². The summed E-state index contributed by atoms with van der Waals surface area (Å²) in [6.45, 7) is 3.89. The molecule has 2 aromatic heterocycles. The van der Waals surface area contributed by atoms with Crippen LogP contribution in [0.4, 0.5) is 0 Å². The molecular weight excluding hydrogens is 320 g/mol. The van der Waals surface area contributed by atoms with Crippen LogP contribution in [0.3, 0.4) is 0 Å². The van der Waals surface area contributed by atoms with E-state index in [2.05, 4.69) is 9.97 Å². The van der Waals surface area contributed by atoms with Gasteiger partial charge in [0.1, 0.15) is 16.2 Å². The SMILES string of the molecule is CCOC(=O)CSc1nc(CC)nc2c1c(=O)n(C)c(=O)n2C. The Hall–Kier alpha value is -2.16. The van der Waals surface area contributed by atoms with Crippen molar-refractivity contribution in [1.29, 1.82) is 0 Å². The zero-order valence-corrected chi connectivity index (χ0v) is 14.3. The molecule has 0 spiro atoms. The van der Waals surface area contributed by atoms with Crippen molar-refractivity contribution in [2.75, 3.05) is 12.4 Å². The normalized spacial score (nSPS) is 11.0. The van der Waals surface area contributed by atoms with Crippen molar-refractivity contribution >= 4 is 28.8 Å². The van der Waals surface area contributed by atoms with Gasteiger partial charge in [0.05, 0.1) is 12.4 Å². The highest BCUT2D eigenvalue weighted by Gasteiger charge is 2.18. The molecule has 0 aliphatic heterocycles. The number of aromatic nitrogens is 4. The quantitative estimate of drug-likeness (QED) is 0.438. The van der Waals surface area contributed by atoms with Crippen LogP contribution in [0.5, 0.6) is 0 Å². The van der Waals surface area contributed by atoms with Gasteiger partial charge in [-0.3, -0.25) is 18.7 Å². The van der Waals surface area contributed by atoms with Crippen molar-refractivity contribution in [3.8, 4) is 0 Å². The predicted octanol–water partition coefficient (Wildman–Crippen LogP) is 0.245. The van der Waals surface area contributed by atoms with Gasteiger partial charge in [0.15, 0.2) is 5.65 Å². The minimum Gasteiger partial charge on any atom is -0.465 e. The van der Waals surface area contributed by atoms with Gasteiger partial charge in [-0.15, -0.1) is 0 Å². The number of aryl methyl sites for hydroxylation is 2. The van der Waals surface area contributed by atoms with Crippen LogP contribution in [0.25, 0.3) is 11.0 Å². The summed E-state index contributed by atoms with van der Waals surface area (Å²) < 4.78 is 7.20. The zero-order valence-electron chi connectivity index (χ0n) is 13.5. The summed E-state index contributed by atoms with van der Waals surface area (Å²) >= 11 is 1.11. The Kier molecular flexibility index (Phi) is 5.19. The number of fused-ring (bicyclic) bond motifs is 1. The summed E-state index contributed by atoms with van der Waals surface area (Å²) in [7, 11) is 2.95. The number of hydrogen-bond donors (Lipinski definition) is 0. The number of esters is 1. The summed E-state index contributed by atoms with van der Waals surface area (Å²) in [6.07, 6.45) is 0.548. The Morgan fingerprint density at radius 2 is 1.87 bits per heavy atom. The van der Waals surface area contributed by atoms with Crippen molar-refractivity contribution < 1.29 is 9.53 Å². The molecule has 0 aliphatic carbocycles. The average molecular weight is 338 g/mol. The van der Waals surface area contributed by atoms with Gasteiger partial charge in [-0.1, -0.05) is 18.7 Å². The molecule has 2 aromatic rings. The maximum absolute atomic E-state index is 12.4. The van der Waals surface area contributed by atoms with E-state index in [1.807, 2.05) is 6.92 Å². The van der Waals surface area contributed by atoms with Crippen molar-refractivity contribution in [2.45, 2.75) is 25.3 Å². The largest absolute Gasteiger partial charge is 0.465 e. The Morgan fingerprint density at radius 3 is 2.48 bits per heavy atom. The molecule has 0 fully saturated rings. The molecule has 0 radical (unpaired) electrons. The molecule has 0 saturated carbocycles. The summed E-state index contributed by atoms with van der Waals surface area (Å²) in [6, 6.07) is 0. The lowest BCUT2D eigenvalue weighted by Crippen LogP contribution is -2.37. The van der Waals surface area contributed by atoms with E-state index < -0.39 is 11.2 Å². The second-order valence-corrected chi connectivity index (χ2v) is 5.76. The molecule has 124 valence electrons. The van der Waals surface area contributed by atoms with Crippen LogP contribution in [0.15, 0.2) is 14.6 Å². The predicted molar refractivity (Wildman–Crippen MR) is 86.8 cm³/mol. The van der Waals surface area contributed by atoms with Crippen molar-refractivity contribution in [3.63, 3.8) is 0 Å². The maximum Gasteiger partial charge on any atom is 0.332 e. The monoisotopic (exact) mass is 338 g/mol. The second-order valence-electron chi connectivity index (χ2n) is 4.80. The van der Waals surface area contributed by atoms with E-state index in [1.165, 1.54) is 11.6 Å². The van der Waals surface area contributed by atoms with Gasteiger partial charge in [0.2, 0.25) is 0 Å². The number of nitrogens with zero attached hydrogens (tertiary/aromatic N) is 4. The topological polar surface area (TPSA) is 96.1 Å². The lowest BCUT2D eigenvalue weighted by atomic mass is 10.3. The summed E-state index contributed by atoms with van der Waals surface area (Å²) in [4.78, 5) is 44.7. The number of rotatable bonds is 5. The molecular formula is C14H18N4O4S. The average Bonchev–Trinajstić information content (AvgIpc) is 2.55. The van der Waals surface area contributed by atoms with Gasteiger partial charge in [0.25, 0.3) is 5.56 Å². The summed E-state index contributed by atoms with van der Waals surface area (Å²) in [5.74, 6) is 0.158. The van der Waals surface area contributed by atoms with E-state index in [0.717, 1.165) is 16.3 Å². The van der Waals surface area contributed by atoms with E-state index in [1.54, 1.807) is 14.0 Å². The number of hydrogen-bond acceptors (Lipinski definition) is 7. The number of thioether (sulfide) groups is 1. The minimum atomic E-state index is -0.475. The molecule has 9 heteroatoms. The van der Waals surface area contributed by atoms with Crippen LogP contribution in [0, 0.1) is 0 Å². The summed E-state index contributed by atoms with van der Waals surface area (Å²) in [5.41, 5.74) is -0.655. The van der Waals surface area contributed by atoms with Crippen molar-refractivity contribution in [3.05, 3.63) is 26.7 Å². The Labute approximate surface area is 136 Å². The fraction of sp³-hybridized carbons (Fsp3) is 0.500. The molecule has 0 bridgehead atoms. The van der Waals surface area contributed by atoms with Gasteiger partial charge >= 0.3 is 11.7 Å². The smallest absolute Gasteiger partial charge is 0.332 e. The third-order valence-electron chi connectivity index (χ3n) is 3.26. The first-order valence-electron chi connectivity index (χ1n) is 7.15. The molecule has 0 aromatic carbocycles. The molecule has 0 saturated heterocycles. The first-order chi connectivity index (χ1) is 10.9. The minimum absolute atomic E-state index is 0.0368. The highest BCUT2D eigenvalue weighted by molar-refractivity contribution is 8.00. The maximum atomic E-state index is 12.4. The van der Waals surface area contributed by atoms with E-state index >= 15 is 0 Å². The van der Waals surface area contributed by atoms with Crippen LogP contribution in [0.1, 0.15) is 19.7 Å². The number of ether oxygens (including phenoxy) is 1. The number of carbonyl (C=O) groups excluding carboxylic acids is 1. The Balaban J connectivity index is 2.65. The highest BCUT2D eigenvalue weighted by Crippen LogP contribution is 2.22. The first-order valence-corrected chi connectivity index (χ1v) is 8.14. The first kappa shape index (κ1) is 17.2. The Morgan fingerprint density at radius 1 is 1.17 bits per heavy atom. The van der Waals surface area contributed by atoms with E-state index in [9.17, 15) is 14.4 Å². The summed E-state index contributed by atoms with van der Waals surface area (Å²) in [5, 5.41) is 0.622. The van der Waals surface area contributed by atoms with E-state index in [0.29, 0.717) is 23.9 Å². The van der Waals surface area contributed by atoms with Gasteiger partial charge in [0, 0.05) is 20.5 Å². The van der Waals surface area contributed by atoms with Crippen molar-refractivity contribution in [2.24, 2.45) is 14.1 Å². The van der Waals surface area contributed by atoms with E-state index in [4.69, 9.17) is 4.74 Å². The standard InChI is InChI=1S/C14H18N4O4S/c1-5-8-15-11-10(13(20)18(4)14(21)17(11)3)12(16-8)23-7-9(19)22-6-2/h5-7H2,1-4H3. The molecule has 0 N–H and O–H groups in total. The molecule has 2 rings (SSSR count). The van der Waals surface area contributed by atoms with Gasteiger partial charge < -0.3 is 4.74 Å². The molecule has 0 atom stereocenters. The van der Waals surface area contributed by atoms with Gasteiger partial charge in [-0.2, -0.15) is 0 Å². The fourth-order valence-corrected chi connectivity index (χ4v) is 2.90. The molecule has 23 heavy (non-hydrogen) atoms. The fourth-order valence-electron chi connectivity index (χ4n) is 2.06. The van der Waals surface area contributed by atoms with Crippen molar-refractivity contribution in [1.82, 2.24) is 19.1 Å². The van der Waals surface area contributed by atoms with Crippen LogP contribution in [-0.4, -0.2) is 37.4 Å². The molecule has 0 aliphatic rings. The second kappa shape index (κ2) is 6.95. The third-order valence-corrected chi connectivity index (χ3v) is 4.21. The number of carbonyl (C=O) groups is 1. The van der Waals surface area contributed by atoms with Crippen LogP contribution < -0.4 is 11.2 Å². The highest BCUT2D eigenvalue weighted by atomic mass is 32.2. The third kappa shape index (κ3) is 3.29. The lowest BCUT2D eigenvalue weighted by molar-refractivity contribution is -0.139. The van der Waals surface area contributed by atoms with Crippen LogP contribution in [-0.2, 0) is 30.0 Å². The van der Waals surface area contributed by atoms with Crippen LogP contribution >= 0.6 is 11.8 Å². The molecule has 2 heterocycles. The van der Waals surface area contributed by atoms with E-state index in [-0.39, 0.29) is 22.8 Å². The van der Waals surface area contributed by atoms with Crippen LogP contribution in [0.2, 0.25) is 0 Å². The lowest BCUT2D eigenvalue weighted by Gasteiger charge is -2.11. The Bertz CT molecular complexity index is 872. The molecule has 0 amide bonds.